The molecule has 2 aromatic carbocycles. The van der Waals surface area contributed by atoms with E-state index in [1.54, 1.807) is 12.4 Å². The molecule has 4 nitrogen and oxygen atoms in total. The first kappa shape index (κ1) is 16.7. The third-order valence-electron chi connectivity index (χ3n) is 4.89. The highest BCUT2D eigenvalue weighted by Gasteiger charge is 2.29. The van der Waals surface area contributed by atoms with E-state index in [0.29, 0.717) is 12.5 Å². The van der Waals surface area contributed by atoms with Crippen LogP contribution in [0.1, 0.15) is 24.8 Å². The largest absolute Gasteiger partial charge is 0.325 e. The highest BCUT2D eigenvalue weighted by atomic mass is 16.1. The molecule has 4 heteroatoms. The van der Waals surface area contributed by atoms with Gasteiger partial charge in [-0.15, -0.1) is 0 Å². The SMILES string of the molecule is O=C(CCN(Cc1cccc2ccccc12)C1CC1)Nc1cccnc1. The van der Waals surface area contributed by atoms with Gasteiger partial charge in [-0.05, 0) is 41.3 Å². The highest BCUT2D eigenvalue weighted by Crippen LogP contribution is 2.30. The van der Waals surface area contributed by atoms with Gasteiger partial charge in [0.15, 0.2) is 0 Å². The van der Waals surface area contributed by atoms with Crippen molar-refractivity contribution in [3.05, 3.63) is 72.6 Å². The first-order valence-electron chi connectivity index (χ1n) is 9.20. The minimum atomic E-state index is 0.0431. The third-order valence-corrected chi connectivity index (χ3v) is 4.89. The Morgan fingerprint density at radius 1 is 1.08 bits per heavy atom. The lowest BCUT2D eigenvalue weighted by atomic mass is 10.0. The van der Waals surface area contributed by atoms with Gasteiger partial charge in [-0.25, -0.2) is 0 Å². The van der Waals surface area contributed by atoms with E-state index in [1.165, 1.54) is 29.2 Å². The van der Waals surface area contributed by atoms with Gasteiger partial charge in [-0.2, -0.15) is 0 Å². The minimum absolute atomic E-state index is 0.0431. The number of aromatic nitrogens is 1. The molecule has 1 aliphatic rings. The molecule has 0 bridgehead atoms. The van der Waals surface area contributed by atoms with E-state index < -0.39 is 0 Å². The Morgan fingerprint density at radius 2 is 1.92 bits per heavy atom. The zero-order valence-electron chi connectivity index (χ0n) is 14.8. The number of benzene rings is 2. The van der Waals surface area contributed by atoms with Gasteiger partial charge in [0.25, 0.3) is 0 Å². The van der Waals surface area contributed by atoms with Crippen molar-refractivity contribution in [2.45, 2.75) is 31.8 Å². The first-order valence-corrected chi connectivity index (χ1v) is 9.20. The van der Waals surface area contributed by atoms with Gasteiger partial charge >= 0.3 is 0 Å². The lowest BCUT2D eigenvalue weighted by molar-refractivity contribution is -0.116. The van der Waals surface area contributed by atoms with Gasteiger partial charge < -0.3 is 5.32 Å². The third kappa shape index (κ3) is 4.09. The summed E-state index contributed by atoms with van der Waals surface area (Å²) >= 11 is 0. The van der Waals surface area contributed by atoms with E-state index in [9.17, 15) is 4.79 Å². The summed E-state index contributed by atoms with van der Waals surface area (Å²) in [4.78, 5) is 18.7. The van der Waals surface area contributed by atoms with Gasteiger partial charge in [0.2, 0.25) is 5.91 Å². The smallest absolute Gasteiger partial charge is 0.225 e. The summed E-state index contributed by atoms with van der Waals surface area (Å²) in [7, 11) is 0. The summed E-state index contributed by atoms with van der Waals surface area (Å²) in [5, 5.41) is 5.50. The van der Waals surface area contributed by atoms with Crippen LogP contribution < -0.4 is 5.32 Å². The molecule has 1 amide bonds. The number of amides is 1. The molecular weight excluding hydrogens is 322 g/mol. The van der Waals surface area contributed by atoms with E-state index in [4.69, 9.17) is 0 Å². The average molecular weight is 345 g/mol. The molecule has 26 heavy (non-hydrogen) atoms. The van der Waals surface area contributed by atoms with Gasteiger partial charge in [0.1, 0.15) is 0 Å². The molecule has 4 rings (SSSR count). The van der Waals surface area contributed by atoms with Crippen LogP contribution >= 0.6 is 0 Å². The van der Waals surface area contributed by atoms with Crippen LogP contribution in [0.5, 0.6) is 0 Å². The van der Waals surface area contributed by atoms with Crippen LogP contribution in [0.15, 0.2) is 67.0 Å². The number of pyridine rings is 1. The molecule has 0 saturated heterocycles. The van der Waals surface area contributed by atoms with E-state index in [0.717, 1.165) is 18.8 Å². The monoisotopic (exact) mass is 345 g/mol. The lowest BCUT2D eigenvalue weighted by Crippen LogP contribution is -2.29. The topological polar surface area (TPSA) is 45.2 Å². The zero-order chi connectivity index (χ0) is 17.8. The maximum atomic E-state index is 12.3. The molecule has 0 spiro atoms. The second-order valence-electron chi connectivity index (χ2n) is 6.88. The molecule has 0 atom stereocenters. The van der Waals surface area contributed by atoms with E-state index in [2.05, 4.69) is 57.7 Å². The average Bonchev–Trinajstić information content (AvgIpc) is 3.51. The van der Waals surface area contributed by atoms with Crippen molar-refractivity contribution < 1.29 is 4.79 Å². The molecule has 1 heterocycles. The molecular formula is C22H23N3O. The van der Waals surface area contributed by atoms with Crippen molar-refractivity contribution in [3.8, 4) is 0 Å². The van der Waals surface area contributed by atoms with Crippen LogP contribution in [-0.4, -0.2) is 28.4 Å². The maximum absolute atomic E-state index is 12.3. The highest BCUT2D eigenvalue weighted by molar-refractivity contribution is 5.90. The Morgan fingerprint density at radius 3 is 2.73 bits per heavy atom. The predicted octanol–water partition coefficient (Wildman–Crippen LogP) is 4.23. The number of fused-ring (bicyclic) bond motifs is 1. The van der Waals surface area contributed by atoms with Gasteiger partial charge in [-0.3, -0.25) is 14.7 Å². The first-order chi connectivity index (χ1) is 12.8. The molecule has 132 valence electrons. The zero-order valence-corrected chi connectivity index (χ0v) is 14.8. The number of carbonyl (C=O) groups excluding carboxylic acids is 1. The maximum Gasteiger partial charge on any atom is 0.225 e. The van der Waals surface area contributed by atoms with E-state index in [-0.39, 0.29) is 5.91 Å². The normalized spacial score (nSPS) is 13.9. The minimum Gasteiger partial charge on any atom is -0.325 e. The Bertz CT molecular complexity index is 885. The van der Waals surface area contributed by atoms with Crippen molar-refractivity contribution in [2.24, 2.45) is 0 Å². The van der Waals surface area contributed by atoms with Crippen LogP contribution in [0.25, 0.3) is 10.8 Å². The van der Waals surface area contributed by atoms with Crippen molar-refractivity contribution >= 4 is 22.4 Å². The number of hydrogen-bond donors (Lipinski definition) is 1. The summed E-state index contributed by atoms with van der Waals surface area (Å²) in [5.74, 6) is 0.0431. The molecule has 1 aliphatic carbocycles. The second kappa shape index (κ2) is 7.67. The number of carbonyl (C=O) groups is 1. The number of anilines is 1. The van der Waals surface area contributed by atoms with Crippen LogP contribution in [0.4, 0.5) is 5.69 Å². The summed E-state index contributed by atoms with van der Waals surface area (Å²) in [6.07, 6.45) is 6.33. The number of nitrogens with zero attached hydrogens (tertiary/aromatic N) is 2. The van der Waals surface area contributed by atoms with Crippen molar-refractivity contribution in [2.75, 3.05) is 11.9 Å². The van der Waals surface area contributed by atoms with Gasteiger partial charge in [0.05, 0.1) is 11.9 Å². The molecule has 1 saturated carbocycles. The molecule has 1 N–H and O–H groups in total. The van der Waals surface area contributed by atoms with Gasteiger partial charge in [-0.1, -0.05) is 42.5 Å². The molecule has 0 radical (unpaired) electrons. The summed E-state index contributed by atoms with van der Waals surface area (Å²) in [6, 6.07) is 19.3. The number of hydrogen-bond acceptors (Lipinski definition) is 3. The Kier molecular flexibility index (Phi) is 4.93. The summed E-state index contributed by atoms with van der Waals surface area (Å²) < 4.78 is 0. The van der Waals surface area contributed by atoms with Crippen LogP contribution in [0, 0.1) is 0 Å². The molecule has 0 aliphatic heterocycles. The quantitative estimate of drug-likeness (QED) is 0.697. The fraction of sp³-hybridized carbons (Fsp3) is 0.273. The van der Waals surface area contributed by atoms with E-state index >= 15 is 0 Å². The van der Waals surface area contributed by atoms with Crippen molar-refractivity contribution in [1.29, 1.82) is 0 Å². The second-order valence-corrected chi connectivity index (χ2v) is 6.88. The van der Waals surface area contributed by atoms with Gasteiger partial charge in [0, 0.05) is 31.7 Å². The summed E-state index contributed by atoms with van der Waals surface area (Å²) in [5.41, 5.74) is 2.09. The standard InChI is InChI=1S/C22H23N3O/c26-22(24-19-8-4-13-23-15-19)12-14-25(20-10-11-20)16-18-7-3-6-17-5-1-2-9-21(17)18/h1-9,13,15,20H,10-12,14,16H2,(H,24,26). The lowest BCUT2D eigenvalue weighted by Gasteiger charge is -2.22. The molecule has 0 unspecified atom stereocenters. The Labute approximate surface area is 153 Å². The molecule has 1 aromatic heterocycles. The van der Waals surface area contributed by atoms with Crippen molar-refractivity contribution in [1.82, 2.24) is 9.88 Å². The fourth-order valence-corrected chi connectivity index (χ4v) is 3.38. The van der Waals surface area contributed by atoms with Crippen LogP contribution in [0.3, 0.4) is 0 Å². The van der Waals surface area contributed by atoms with E-state index in [1.807, 2.05) is 12.1 Å². The van der Waals surface area contributed by atoms with Crippen LogP contribution in [-0.2, 0) is 11.3 Å². The van der Waals surface area contributed by atoms with Crippen molar-refractivity contribution in [3.63, 3.8) is 0 Å². The number of nitrogens with one attached hydrogen (secondary N) is 1. The molecule has 1 fully saturated rings. The fourth-order valence-electron chi connectivity index (χ4n) is 3.38. The predicted molar refractivity (Wildman–Crippen MR) is 105 cm³/mol. The Hall–Kier alpha value is -2.72. The Balaban J connectivity index is 1.41. The molecule has 3 aromatic rings. The van der Waals surface area contributed by atoms with Crippen LogP contribution in [0.2, 0.25) is 0 Å². The summed E-state index contributed by atoms with van der Waals surface area (Å²) in [6.45, 7) is 1.67. The number of rotatable bonds is 7.